The van der Waals surface area contributed by atoms with Crippen LogP contribution >= 0.6 is 0 Å². The van der Waals surface area contributed by atoms with Gasteiger partial charge in [-0.05, 0) is 51.7 Å². The van der Waals surface area contributed by atoms with Crippen molar-refractivity contribution >= 4 is 17.0 Å². The summed E-state index contributed by atoms with van der Waals surface area (Å²) >= 11 is 0. The van der Waals surface area contributed by atoms with Gasteiger partial charge in [-0.3, -0.25) is 9.48 Å². The van der Waals surface area contributed by atoms with Crippen LogP contribution in [0, 0.1) is 13.8 Å². The topological polar surface area (TPSA) is 85.8 Å². The molecule has 0 spiro atoms. The third-order valence-electron chi connectivity index (χ3n) is 4.90. The van der Waals surface area contributed by atoms with Crippen LogP contribution in [0.25, 0.3) is 11.1 Å². The number of rotatable bonds is 5. The summed E-state index contributed by atoms with van der Waals surface area (Å²) in [6, 6.07) is 1.89. The van der Waals surface area contributed by atoms with Crippen LogP contribution in [0.5, 0.6) is 0 Å². The molecule has 1 aliphatic rings. The van der Waals surface area contributed by atoms with Crippen LogP contribution < -0.4 is 5.32 Å². The first-order valence-corrected chi connectivity index (χ1v) is 8.99. The van der Waals surface area contributed by atoms with E-state index in [0.29, 0.717) is 28.3 Å². The van der Waals surface area contributed by atoms with E-state index in [0.717, 1.165) is 36.2 Å². The number of aryl methyl sites for hydroxylation is 3. The lowest BCUT2D eigenvalue weighted by molar-refractivity contribution is 0.0941. The number of fused-ring (bicyclic) bond motifs is 1. The first-order chi connectivity index (χ1) is 12.4. The summed E-state index contributed by atoms with van der Waals surface area (Å²) in [6.45, 7) is 5.83. The van der Waals surface area contributed by atoms with Gasteiger partial charge in [0.1, 0.15) is 0 Å². The van der Waals surface area contributed by atoms with Gasteiger partial charge in [-0.25, -0.2) is 4.98 Å². The average Bonchev–Trinajstić information content (AvgIpc) is 3.30. The molecule has 1 N–H and O–H groups in total. The molecule has 0 saturated heterocycles. The standard InChI is InChI=1S/C19H23N5O2/c1-10(7-14-9-24(4)22-11(14)2)20-18(25)15-8-16(13-5-6-13)21-19-17(15)12(3)23-26-19/h8-10,13H,5-7H2,1-4H3,(H,20,25)/t10-/m1/s1. The zero-order valence-corrected chi connectivity index (χ0v) is 15.5. The smallest absolute Gasteiger partial charge is 0.259 e. The Morgan fingerprint density at radius 2 is 2.15 bits per heavy atom. The van der Waals surface area contributed by atoms with Crippen molar-refractivity contribution in [3.8, 4) is 0 Å². The van der Waals surface area contributed by atoms with Crippen molar-refractivity contribution < 1.29 is 9.32 Å². The summed E-state index contributed by atoms with van der Waals surface area (Å²) in [7, 11) is 1.90. The third kappa shape index (κ3) is 3.09. The van der Waals surface area contributed by atoms with E-state index in [1.54, 1.807) is 4.68 Å². The van der Waals surface area contributed by atoms with Crippen LogP contribution in [-0.2, 0) is 13.5 Å². The predicted octanol–water partition coefficient (Wildman–Crippen LogP) is 2.81. The molecule has 1 amide bonds. The summed E-state index contributed by atoms with van der Waals surface area (Å²) in [6.07, 6.45) is 4.96. The number of hydrogen-bond acceptors (Lipinski definition) is 5. The van der Waals surface area contributed by atoms with E-state index in [1.165, 1.54) is 0 Å². The number of carbonyl (C=O) groups excluding carboxylic acids is 1. The van der Waals surface area contributed by atoms with Gasteiger partial charge < -0.3 is 9.84 Å². The Kier molecular flexibility index (Phi) is 4.01. The second-order valence-corrected chi connectivity index (χ2v) is 7.31. The second kappa shape index (κ2) is 6.23. The first-order valence-electron chi connectivity index (χ1n) is 8.99. The van der Waals surface area contributed by atoms with Crippen molar-refractivity contribution in [2.75, 3.05) is 0 Å². The lowest BCUT2D eigenvalue weighted by Crippen LogP contribution is -2.34. The molecule has 0 radical (unpaired) electrons. The number of nitrogens with zero attached hydrogens (tertiary/aromatic N) is 4. The van der Waals surface area contributed by atoms with Crippen molar-refractivity contribution in [2.45, 2.75) is 52.0 Å². The van der Waals surface area contributed by atoms with Crippen LogP contribution in [0.2, 0.25) is 0 Å². The van der Waals surface area contributed by atoms with E-state index < -0.39 is 0 Å². The predicted molar refractivity (Wildman–Crippen MR) is 97.1 cm³/mol. The summed E-state index contributed by atoms with van der Waals surface area (Å²) in [5.74, 6) is 0.325. The Balaban J connectivity index is 1.59. The second-order valence-electron chi connectivity index (χ2n) is 7.31. The molecular weight excluding hydrogens is 330 g/mol. The summed E-state index contributed by atoms with van der Waals surface area (Å²) in [5.41, 5.74) is 4.80. The van der Waals surface area contributed by atoms with Gasteiger partial charge in [-0.15, -0.1) is 0 Å². The van der Waals surface area contributed by atoms with Crippen LogP contribution in [0.4, 0.5) is 0 Å². The number of nitrogens with one attached hydrogen (secondary N) is 1. The molecule has 0 unspecified atom stereocenters. The van der Waals surface area contributed by atoms with Crippen LogP contribution in [-0.4, -0.2) is 31.9 Å². The Bertz CT molecular complexity index is 983. The summed E-state index contributed by atoms with van der Waals surface area (Å²) in [4.78, 5) is 17.5. The molecule has 1 atom stereocenters. The molecule has 3 heterocycles. The monoisotopic (exact) mass is 353 g/mol. The van der Waals surface area contributed by atoms with Crippen LogP contribution in [0.1, 0.15) is 58.7 Å². The molecule has 4 rings (SSSR count). The molecule has 7 nitrogen and oxygen atoms in total. The molecule has 7 heteroatoms. The van der Waals surface area contributed by atoms with Crippen molar-refractivity contribution in [3.63, 3.8) is 0 Å². The zero-order valence-electron chi connectivity index (χ0n) is 15.5. The first kappa shape index (κ1) is 16.8. The van der Waals surface area contributed by atoms with Gasteiger partial charge in [0, 0.05) is 30.9 Å². The van der Waals surface area contributed by atoms with Crippen molar-refractivity contribution in [3.05, 3.63) is 40.5 Å². The molecule has 3 aromatic heterocycles. The number of carbonyl (C=O) groups is 1. The zero-order chi connectivity index (χ0) is 18.4. The molecular formula is C19H23N5O2. The highest BCUT2D eigenvalue weighted by atomic mass is 16.5. The Morgan fingerprint density at radius 1 is 1.38 bits per heavy atom. The fraction of sp³-hybridized carbons (Fsp3) is 0.474. The van der Waals surface area contributed by atoms with Gasteiger partial charge in [0.15, 0.2) is 0 Å². The minimum Gasteiger partial charge on any atom is -0.349 e. The van der Waals surface area contributed by atoms with E-state index in [2.05, 4.69) is 20.6 Å². The number of hydrogen-bond donors (Lipinski definition) is 1. The quantitative estimate of drug-likeness (QED) is 0.762. The Morgan fingerprint density at radius 3 is 2.81 bits per heavy atom. The number of pyridine rings is 1. The van der Waals surface area contributed by atoms with Gasteiger partial charge in [0.2, 0.25) is 0 Å². The molecule has 1 saturated carbocycles. The van der Waals surface area contributed by atoms with Gasteiger partial charge in [0.05, 0.1) is 22.3 Å². The molecule has 0 aromatic carbocycles. The minimum absolute atomic E-state index is 0.0156. The lowest BCUT2D eigenvalue weighted by Gasteiger charge is -2.14. The molecule has 3 aromatic rings. The fourth-order valence-corrected chi connectivity index (χ4v) is 3.41. The molecule has 136 valence electrons. The third-order valence-corrected chi connectivity index (χ3v) is 4.90. The Hall–Kier alpha value is -2.70. The van der Waals surface area contributed by atoms with Crippen LogP contribution in [0.3, 0.4) is 0 Å². The maximum absolute atomic E-state index is 13.0. The molecule has 1 fully saturated rings. The molecule has 0 aliphatic heterocycles. The Labute approximate surface area is 151 Å². The van der Waals surface area contributed by atoms with Gasteiger partial charge >= 0.3 is 0 Å². The highest BCUT2D eigenvalue weighted by Crippen LogP contribution is 2.40. The summed E-state index contributed by atoms with van der Waals surface area (Å²) in [5, 5.41) is 12.2. The molecule has 26 heavy (non-hydrogen) atoms. The van der Waals surface area contributed by atoms with Gasteiger partial charge in [-0.1, -0.05) is 5.16 Å². The number of aromatic nitrogens is 4. The maximum Gasteiger partial charge on any atom is 0.259 e. The minimum atomic E-state index is -0.111. The fourth-order valence-electron chi connectivity index (χ4n) is 3.41. The van der Waals surface area contributed by atoms with E-state index >= 15 is 0 Å². The highest BCUT2D eigenvalue weighted by molar-refractivity contribution is 6.06. The summed E-state index contributed by atoms with van der Waals surface area (Å²) < 4.78 is 7.12. The van der Waals surface area contributed by atoms with Gasteiger partial charge in [-0.2, -0.15) is 5.10 Å². The molecule has 0 bridgehead atoms. The normalized spacial score (nSPS) is 15.4. The van der Waals surface area contributed by atoms with E-state index in [1.807, 2.05) is 40.1 Å². The van der Waals surface area contributed by atoms with Crippen molar-refractivity contribution in [1.29, 1.82) is 0 Å². The largest absolute Gasteiger partial charge is 0.349 e. The van der Waals surface area contributed by atoms with Crippen molar-refractivity contribution in [2.24, 2.45) is 7.05 Å². The maximum atomic E-state index is 13.0. The lowest BCUT2D eigenvalue weighted by atomic mass is 10.1. The molecule has 1 aliphatic carbocycles. The number of amides is 1. The SMILES string of the molecule is Cc1nn(C)cc1C[C@@H](C)NC(=O)c1cc(C2CC2)nc2onc(C)c12. The van der Waals surface area contributed by atoms with Crippen molar-refractivity contribution in [1.82, 2.24) is 25.2 Å². The van der Waals surface area contributed by atoms with E-state index in [-0.39, 0.29) is 11.9 Å². The van der Waals surface area contributed by atoms with Gasteiger partial charge in [0.25, 0.3) is 11.6 Å². The van der Waals surface area contributed by atoms with Crippen LogP contribution in [0.15, 0.2) is 16.8 Å². The highest BCUT2D eigenvalue weighted by Gasteiger charge is 2.29. The average molecular weight is 353 g/mol. The van der Waals surface area contributed by atoms with E-state index in [4.69, 9.17) is 4.52 Å². The van der Waals surface area contributed by atoms with E-state index in [9.17, 15) is 4.79 Å².